The molecule has 0 radical (unpaired) electrons. The molecular weight excluding hydrogens is 380 g/mol. The smallest absolute Gasteiger partial charge is 0.209 e. The Kier molecular flexibility index (Phi) is 9.54. The lowest BCUT2D eigenvalue weighted by Gasteiger charge is -2.26. The molecule has 0 amide bonds. The second-order valence-electron chi connectivity index (χ2n) is 7.13. The van der Waals surface area contributed by atoms with Crippen LogP contribution in [0.3, 0.4) is 0 Å². The molecule has 0 spiro atoms. The van der Waals surface area contributed by atoms with E-state index in [1.54, 1.807) is 14.2 Å². The lowest BCUT2D eigenvalue weighted by molar-refractivity contribution is 0.310. The first-order valence-electron chi connectivity index (χ1n) is 9.33. The van der Waals surface area contributed by atoms with Crippen molar-refractivity contribution in [1.82, 2.24) is 15.4 Å². The van der Waals surface area contributed by atoms with Gasteiger partial charge in [-0.05, 0) is 51.3 Å². The van der Waals surface area contributed by atoms with Crippen molar-refractivity contribution >= 4 is 16.0 Å². The molecule has 0 aliphatic carbocycles. The Hall–Kier alpha value is -2.00. The van der Waals surface area contributed by atoms with Crippen molar-refractivity contribution in [3.63, 3.8) is 0 Å². The number of hydrogen-bond donors (Lipinski definition) is 3. The average Bonchev–Trinajstić information content (AvgIpc) is 2.59. The molecule has 0 unspecified atom stereocenters. The summed E-state index contributed by atoms with van der Waals surface area (Å²) in [7, 11) is 0.0461. The number of nitrogens with zero attached hydrogens (tertiary/aromatic N) is 1. The van der Waals surface area contributed by atoms with Crippen LogP contribution in [0.5, 0.6) is 11.5 Å². The van der Waals surface area contributed by atoms with E-state index in [4.69, 9.17) is 9.47 Å². The molecule has 0 bridgehead atoms. The van der Waals surface area contributed by atoms with Gasteiger partial charge in [0.2, 0.25) is 10.0 Å². The highest BCUT2D eigenvalue weighted by molar-refractivity contribution is 7.88. The van der Waals surface area contributed by atoms with E-state index in [9.17, 15) is 8.42 Å². The van der Waals surface area contributed by atoms with Gasteiger partial charge in [-0.1, -0.05) is 6.07 Å². The van der Waals surface area contributed by atoms with Crippen LogP contribution in [0.15, 0.2) is 23.2 Å². The molecule has 0 heterocycles. The maximum Gasteiger partial charge on any atom is 0.209 e. The van der Waals surface area contributed by atoms with E-state index in [0.29, 0.717) is 19.1 Å². The van der Waals surface area contributed by atoms with Gasteiger partial charge in [-0.3, -0.25) is 4.99 Å². The van der Waals surface area contributed by atoms with Crippen LogP contribution in [0.25, 0.3) is 0 Å². The maximum atomic E-state index is 11.4. The number of ether oxygens (including phenoxy) is 2. The maximum absolute atomic E-state index is 11.4. The molecule has 0 aliphatic heterocycles. The van der Waals surface area contributed by atoms with Crippen LogP contribution in [-0.2, 0) is 16.4 Å². The Bertz CT molecular complexity index is 748. The van der Waals surface area contributed by atoms with E-state index in [-0.39, 0.29) is 0 Å². The highest BCUT2D eigenvalue weighted by atomic mass is 32.2. The van der Waals surface area contributed by atoms with Crippen molar-refractivity contribution in [2.45, 2.75) is 39.2 Å². The fraction of sp³-hybridized carbons (Fsp3) is 0.632. The van der Waals surface area contributed by atoms with Gasteiger partial charge in [0.1, 0.15) is 0 Å². The summed E-state index contributed by atoms with van der Waals surface area (Å²) in [4.78, 5) is 4.17. The van der Waals surface area contributed by atoms with Crippen LogP contribution in [0.1, 0.15) is 32.8 Å². The van der Waals surface area contributed by atoms with Crippen LogP contribution in [-0.4, -0.2) is 60.0 Å². The summed E-state index contributed by atoms with van der Waals surface area (Å²) in [5.41, 5.74) is 0.553. The van der Waals surface area contributed by atoms with Gasteiger partial charge in [0.15, 0.2) is 17.5 Å². The number of benzene rings is 1. The summed E-state index contributed by atoms with van der Waals surface area (Å²) in [6.45, 7) is 7.31. The number of methoxy groups -OCH3 is 1. The Morgan fingerprint density at radius 3 is 2.50 bits per heavy atom. The van der Waals surface area contributed by atoms with Crippen LogP contribution >= 0.6 is 0 Å². The number of aryl methyl sites for hydroxylation is 1. The third-order valence-electron chi connectivity index (χ3n) is 3.85. The van der Waals surface area contributed by atoms with Gasteiger partial charge in [-0.15, -0.1) is 0 Å². The Balaban J connectivity index is 2.46. The molecule has 0 saturated heterocycles. The molecule has 0 atom stereocenters. The Labute approximate surface area is 169 Å². The highest BCUT2D eigenvalue weighted by Crippen LogP contribution is 2.28. The summed E-state index contributed by atoms with van der Waals surface area (Å²) >= 11 is 0. The molecule has 1 aromatic carbocycles. The summed E-state index contributed by atoms with van der Waals surface area (Å²) in [6.07, 6.45) is 2.94. The average molecular weight is 415 g/mol. The van der Waals surface area contributed by atoms with Crippen molar-refractivity contribution in [1.29, 1.82) is 0 Å². The van der Waals surface area contributed by atoms with Crippen molar-refractivity contribution in [3.05, 3.63) is 23.8 Å². The van der Waals surface area contributed by atoms with Crippen LogP contribution in [0.2, 0.25) is 0 Å². The van der Waals surface area contributed by atoms with Crippen molar-refractivity contribution in [3.8, 4) is 11.5 Å². The zero-order chi connectivity index (χ0) is 21.2. The molecule has 1 rings (SSSR count). The summed E-state index contributed by atoms with van der Waals surface area (Å²) in [6, 6.07) is 5.97. The van der Waals surface area contributed by atoms with Crippen LogP contribution < -0.4 is 24.8 Å². The van der Waals surface area contributed by atoms with E-state index in [0.717, 1.165) is 37.1 Å². The molecule has 0 aromatic heterocycles. The second-order valence-corrected chi connectivity index (χ2v) is 8.88. The zero-order valence-electron chi connectivity index (χ0n) is 17.8. The molecular formula is C19H34N4O4S. The molecule has 160 valence electrons. The van der Waals surface area contributed by atoms with Gasteiger partial charge in [-0.25, -0.2) is 13.1 Å². The monoisotopic (exact) mass is 414 g/mol. The number of nitrogens with one attached hydrogen (secondary N) is 3. The first-order chi connectivity index (χ1) is 13.1. The number of hydrogen-bond acceptors (Lipinski definition) is 5. The quantitative estimate of drug-likeness (QED) is 0.288. The minimum atomic E-state index is -3.27. The van der Waals surface area contributed by atoms with E-state index in [1.165, 1.54) is 5.56 Å². The topological polar surface area (TPSA) is 101 Å². The molecule has 3 N–H and O–H groups in total. The minimum absolute atomic E-state index is 0.413. The summed E-state index contributed by atoms with van der Waals surface area (Å²) < 4.78 is 36.3. The zero-order valence-corrected chi connectivity index (χ0v) is 18.6. The van der Waals surface area contributed by atoms with Gasteiger partial charge in [0.25, 0.3) is 0 Å². The Morgan fingerprint density at radius 1 is 1.21 bits per heavy atom. The first kappa shape index (κ1) is 24.0. The molecule has 9 heteroatoms. The number of aliphatic imine (C=N–C) groups is 1. The van der Waals surface area contributed by atoms with Crippen LogP contribution in [0.4, 0.5) is 0 Å². The second kappa shape index (κ2) is 11.1. The normalized spacial score (nSPS) is 12.6. The lowest BCUT2D eigenvalue weighted by Crippen LogP contribution is -2.53. The predicted molar refractivity (Wildman–Crippen MR) is 114 cm³/mol. The molecule has 8 nitrogen and oxygen atoms in total. The molecule has 28 heavy (non-hydrogen) atoms. The Morgan fingerprint density at radius 2 is 1.93 bits per heavy atom. The van der Waals surface area contributed by atoms with Gasteiger partial charge in [0.05, 0.1) is 20.0 Å². The van der Waals surface area contributed by atoms with Gasteiger partial charge < -0.3 is 20.1 Å². The van der Waals surface area contributed by atoms with E-state index < -0.39 is 15.6 Å². The third kappa shape index (κ3) is 9.27. The highest BCUT2D eigenvalue weighted by Gasteiger charge is 2.22. The third-order valence-corrected chi connectivity index (χ3v) is 4.77. The minimum Gasteiger partial charge on any atom is -0.493 e. The molecule has 0 aliphatic rings. The fourth-order valence-electron chi connectivity index (χ4n) is 2.71. The standard InChI is InChI=1S/C19H34N4O4S/c1-7-27-17-13-15(10-11-16(17)26-5)9-8-12-21-18(20-4)22-14-19(2,3)23-28(6,24)25/h10-11,13,23H,7-9,12,14H2,1-6H3,(H2,20,21,22). The first-order valence-corrected chi connectivity index (χ1v) is 11.2. The van der Waals surface area contributed by atoms with E-state index in [1.807, 2.05) is 39.0 Å². The number of rotatable bonds is 11. The summed E-state index contributed by atoms with van der Waals surface area (Å²) in [5.74, 6) is 2.13. The molecule has 0 saturated carbocycles. The summed E-state index contributed by atoms with van der Waals surface area (Å²) in [5, 5.41) is 6.39. The SMILES string of the molecule is CCOc1cc(CCCNC(=NC)NCC(C)(C)NS(C)(=O)=O)ccc1OC. The van der Waals surface area contributed by atoms with Gasteiger partial charge in [-0.2, -0.15) is 0 Å². The van der Waals surface area contributed by atoms with Crippen molar-refractivity contribution in [2.75, 3.05) is 40.1 Å². The molecule has 1 aromatic rings. The lowest BCUT2D eigenvalue weighted by atomic mass is 10.1. The predicted octanol–water partition coefficient (Wildman–Crippen LogP) is 1.52. The van der Waals surface area contributed by atoms with Crippen molar-refractivity contribution < 1.29 is 17.9 Å². The number of sulfonamides is 1. The number of guanidine groups is 1. The largest absolute Gasteiger partial charge is 0.493 e. The van der Waals surface area contributed by atoms with Crippen LogP contribution in [0, 0.1) is 0 Å². The van der Waals surface area contributed by atoms with E-state index >= 15 is 0 Å². The van der Waals surface area contributed by atoms with Crippen molar-refractivity contribution in [2.24, 2.45) is 4.99 Å². The van der Waals surface area contributed by atoms with E-state index in [2.05, 4.69) is 20.3 Å². The van der Waals surface area contributed by atoms with Gasteiger partial charge >= 0.3 is 0 Å². The fourth-order valence-corrected chi connectivity index (χ4v) is 3.78. The van der Waals surface area contributed by atoms with Gasteiger partial charge in [0, 0.05) is 25.7 Å². The molecule has 0 fully saturated rings.